The van der Waals surface area contributed by atoms with Crippen molar-refractivity contribution in [3.05, 3.63) is 22.7 Å². The van der Waals surface area contributed by atoms with Crippen LogP contribution in [0.5, 0.6) is 0 Å². The number of halogens is 1. The van der Waals surface area contributed by atoms with E-state index < -0.39 is 28.8 Å². The molecule has 0 atom stereocenters. The smallest absolute Gasteiger partial charge is 0.242 e. The van der Waals surface area contributed by atoms with Crippen molar-refractivity contribution in [1.29, 1.82) is 0 Å². The number of nitrogens with two attached hydrogens (primary N) is 1. The Morgan fingerprint density at radius 1 is 1.35 bits per heavy atom. The lowest BCUT2D eigenvalue weighted by molar-refractivity contribution is 0.105. The van der Waals surface area contributed by atoms with Gasteiger partial charge in [0.15, 0.2) is 0 Å². The van der Waals surface area contributed by atoms with Crippen LogP contribution in [0.2, 0.25) is 5.02 Å². The number of nitrogens with one attached hydrogen (secondary N) is 1. The Bertz CT molecular complexity index is 577. The van der Waals surface area contributed by atoms with E-state index in [9.17, 15) is 18.6 Å². The van der Waals surface area contributed by atoms with Gasteiger partial charge in [0.2, 0.25) is 10.0 Å². The molecule has 114 valence electrons. The molecule has 0 aliphatic carbocycles. The zero-order valence-corrected chi connectivity index (χ0v) is 12.9. The van der Waals surface area contributed by atoms with E-state index in [4.69, 9.17) is 17.3 Å². The Morgan fingerprint density at radius 2 is 1.90 bits per heavy atom. The highest BCUT2D eigenvalue weighted by atomic mass is 35.5. The van der Waals surface area contributed by atoms with E-state index in [2.05, 4.69) is 4.72 Å². The molecular weight excluding hydrogens is 304 g/mol. The van der Waals surface area contributed by atoms with Crippen LogP contribution in [0, 0.1) is 6.92 Å². The fourth-order valence-corrected chi connectivity index (χ4v) is 3.70. The van der Waals surface area contributed by atoms with Crippen LogP contribution in [0.25, 0.3) is 0 Å². The minimum atomic E-state index is -4.01. The Hall–Kier alpha value is -0.860. The average molecular weight is 323 g/mol. The molecule has 1 rings (SSSR count). The van der Waals surface area contributed by atoms with Gasteiger partial charge in [-0.2, -0.15) is 0 Å². The highest BCUT2D eigenvalue weighted by Crippen LogP contribution is 2.28. The van der Waals surface area contributed by atoms with Gasteiger partial charge in [0, 0.05) is 5.69 Å². The largest absolute Gasteiger partial charge is 0.398 e. The second-order valence-corrected chi connectivity index (χ2v) is 6.75. The Balaban J connectivity index is 3.28. The molecule has 0 heterocycles. The van der Waals surface area contributed by atoms with E-state index in [0.717, 1.165) is 0 Å². The van der Waals surface area contributed by atoms with Crippen molar-refractivity contribution in [1.82, 2.24) is 4.72 Å². The van der Waals surface area contributed by atoms with E-state index >= 15 is 0 Å². The summed E-state index contributed by atoms with van der Waals surface area (Å²) in [6, 6.07) is 2.71. The molecule has 0 bridgehead atoms. The summed E-state index contributed by atoms with van der Waals surface area (Å²) in [6.07, 6.45) is 0.220. The van der Waals surface area contributed by atoms with Gasteiger partial charge in [0.25, 0.3) is 0 Å². The van der Waals surface area contributed by atoms with Gasteiger partial charge in [0.05, 0.1) is 23.8 Å². The van der Waals surface area contributed by atoms with Gasteiger partial charge in [-0.1, -0.05) is 18.5 Å². The molecule has 0 aromatic heterocycles. The molecule has 0 saturated carbocycles. The molecule has 0 aliphatic rings. The van der Waals surface area contributed by atoms with Crippen molar-refractivity contribution in [2.75, 3.05) is 18.9 Å². The van der Waals surface area contributed by atoms with Gasteiger partial charge >= 0.3 is 0 Å². The molecule has 0 amide bonds. The predicted molar refractivity (Wildman–Crippen MR) is 78.1 cm³/mol. The molecule has 0 aliphatic heterocycles. The fraction of sp³-hybridized carbons (Fsp3) is 0.500. The van der Waals surface area contributed by atoms with Crippen LogP contribution in [-0.4, -0.2) is 37.4 Å². The first-order valence-electron chi connectivity index (χ1n) is 6.02. The standard InChI is InChI=1S/C12H19ClN2O4S/c1-3-12(6-16,7-17)15-20(18,19)11-5-10(14)8(2)4-9(11)13/h4-5,15-17H,3,6-7,14H2,1-2H3. The normalized spacial score (nSPS) is 12.7. The van der Waals surface area contributed by atoms with E-state index in [1.807, 2.05) is 0 Å². The first-order chi connectivity index (χ1) is 9.21. The molecule has 0 unspecified atom stereocenters. The van der Waals surface area contributed by atoms with E-state index in [1.165, 1.54) is 12.1 Å². The summed E-state index contributed by atoms with van der Waals surface area (Å²) in [7, 11) is -4.01. The fourth-order valence-electron chi connectivity index (χ4n) is 1.62. The minimum Gasteiger partial charge on any atom is -0.398 e. The highest BCUT2D eigenvalue weighted by Gasteiger charge is 2.33. The van der Waals surface area contributed by atoms with Crippen LogP contribution in [-0.2, 0) is 10.0 Å². The molecule has 8 heteroatoms. The molecule has 0 radical (unpaired) electrons. The highest BCUT2D eigenvalue weighted by molar-refractivity contribution is 7.89. The van der Waals surface area contributed by atoms with Gasteiger partial charge < -0.3 is 15.9 Å². The molecule has 6 nitrogen and oxygen atoms in total. The van der Waals surface area contributed by atoms with Crippen molar-refractivity contribution in [2.24, 2.45) is 0 Å². The molecule has 20 heavy (non-hydrogen) atoms. The van der Waals surface area contributed by atoms with Crippen molar-refractivity contribution >= 4 is 27.3 Å². The monoisotopic (exact) mass is 322 g/mol. The van der Waals surface area contributed by atoms with Crippen molar-refractivity contribution in [2.45, 2.75) is 30.7 Å². The van der Waals surface area contributed by atoms with Crippen LogP contribution in [0.1, 0.15) is 18.9 Å². The van der Waals surface area contributed by atoms with Crippen LogP contribution in [0.3, 0.4) is 0 Å². The predicted octanol–water partition coefficient (Wildman–Crippen LogP) is 0.642. The third-order valence-corrected chi connectivity index (χ3v) is 5.29. The van der Waals surface area contributed by atoms with E-state index in [1.54, 1.807) is 13.8 Å². The van der Waals surface area contributed by atoms with Crippen LogP contribution in [0.4, 0.5) is 5.69 Å². The Labute approximate surface area is 123 Å². The zero-order valence-electron chi connectivity index (χ0n) is 11.4. The number of hydrogen-bond donors (Lipinski definition) is 4. The molecule has 0 fully saturated rings. The quantitative estimate of drug-likeness (QED) is 0.574. The van der Waals surface area contributed by atoms with Gasteiger partial charge in [0.1, 0.15) is 4.90 Å². The summed E-state index contributed by atoms with van der Waals surface area (Å²) in [6.45, 7) is 2.30. The Kier molecular flexibility index (Phi) is 5.39. The maximum Gasteiger partial charge on any atom is 0.242 e. The van der Waals surface area contributed by atoms with Gasteiger partial charge in [-0.3, -0.25) is 0 Å². The number of aliphatic hydroxyl groups excluding tert-OH is 2. The van der Waals surface area contributed by atoms with Crippen molar-refractivity contribution in [3.8, 4) is 0 Å². The molecule has 0 spiro atoms. The van der Waals surface area contributed by atoms with Crippen molar-refractivity contribution < 1.29 is 18.6 Å². The summed E-state index contributed by atoms with van der Waals surface area (Å²) in [5, 5.41) is 18.7. The topological polar surface area (TPSA) is 113 Å². The zero-order chi connectivity index (χ0) is 15.6. The Morgan fingerprint density at radius 3 is 2.35 bits per heavy atom. The average Bonchev–Trinajstić information content (AvgIpc) is 2.40. The number of rotatable bonds is 6. The van der Waals surface area contributed by atoms with Crippen molar-refractivity contribution in [3.63, 3.8) is 0 Å². The number of anilines is 1. The first kappa shape index (κ1) is 17.2. The number of sulfonamides is 1. The SMILES string of the molecule is CCC(CO)(CO)NS(=O)(=O)c1cc(N)c(C)cc1Cl. The second-order valence-electron chi connectivity index (χ2n) is 4.69. The van der Waals surface area contributed by atoms with Gasteiger partial charge in [-0.15, -0.1) is 0 Å². The lowest BCUT2D eigenvalue weighted by Crippen LogP contribution is -2.53. The number of aryl methyl sites for hydroxylation is 1. The minimum absolute atomic E-state index is 0.0325. The number of benzene rings is 1. The molecule has 0 saturated heterocycles. The summed E-state index contributed by atoms with van der Waals surface area (Å²) in [5.41, 5.74) is 5.33. The van der Waals surface area contributed by atoms with Crippen LogP contribution < -0.4 is 10.5 Å². The molecule has 1 aromatic rings. The molecule has 5 N–H and O–H groups in total. The summed E-state index contributed by atoms with van der Waals surface area (Å²) < 4.78 is 27.0. The van der Waals surface area contributed by atoms with Gasteiger partial charge in [-0.05, 0) is 31.0 Å². The van der Waals surface area contributed by atoms with Gasteiger partial charge in [-0.25, -0.2) is 13.1 Å². The maximum atomic E-state index is 12.3. The molecule has 1 aromatic carbocycles. The summed E-state index contributed by atoms with van der Waals surface area (Å²) >= 11 is 5.94. The number of aliphatic hydroxyl groups is 2. The van der Waals surface area contributed by atoms with Crippen LogP contribution >= 0.6 is 11.6 Å². The third-order valence-electron chi connectivity index (χ3n) is 3.24. The number of nitrogen functional groups attached to an aromatic ring is 1. The first-order valence-corrected chi connectivity index (χ1v) is 7.89. The lowest BCUT2D eigenvalue weighted by atomic mass is 10.0. The van der Waals surface area contributed by atoms with E-state index in [0.29, 0.717) is 11.3 Å². The second kappa shape index (κ2) is 6.28. The molecular formula is C12H19ClN2O4S. The van der Waals surface area contributed by atoms with Crippen LogP contribution in [0.15, 0.2) is 17.0 Å². The summed E-state index contributed by atoms with van der Waals surface area (Å²) in [4.78, 5) is -0.179. The van der Waals surface area contributed by atoms with E-state index in [-0.39, 0.29) is 16.3 Å². The maximum absolute atomic E-state index is 12.3. The lowest BCUT2D eigenvalue weighted by Gasteiger charge is -2.29. The third kappa shape index (κ3) is 3.42. The summed E-state index contributed by atoms with van der Waals surface area (Å²) in [5.74, 6) is 0. The number of hydrogen-bond acceptors (Lipinski definition) is 5.